The molecule has 130 valence electrons. The third-order valence-corrected chi connectivity index (χ3v) is 4.68. The van der Waals surface area contributed by atoms with Crippen molar-refractivity contribution in [3.05, 3.63) is 30.0 Å². The summed E-state index contributed by atoms with van der Waals surface area (Å²) in [6.45, 7) is 1.08. The lowest BCUT2D eigenvalue weighted by molar-refractivity contribution is 0.0109. The van der Waals surface area contributed by atoms with Crippen LogP contribution >= 0.6 is 0 Å². The summed E-state index contributed by atoms with van der Waals surface area (Å²) >= 11 is 0. The second kappa shape index (κ2) is 6.80. The molecule has 2 heterocycles. The quantitative estimate of drug-likeness (QED) is 0.842. The largest absolute Gasteiger partial charge is 0.384 e. The third kappa shape index (κ3) is 3.10. The van der Waals surface area contributed by atoms with Crippen molar-refractivity contribution >= 4 is 11.6 Å². The average molecular weight is 338 g/mol. The summed E-state index contributed by atoms with van der Waals surface area (Å²) in [6.07, 6.45) is 5.49. The van der Waals surface area contributed by atoms with E-state index in [4.69, 9.17) is 4.74 Å². The van der Waals surface area contributed by atoms with Crippen LogP contribution in [0.2, 0.25) is 0 Å². The van der Waals surface area contributed by atoms with Crippen LogP contribution in [-0.4, -0.2) is 40.5 Å². The number of carbonyl (C=O) groups excluding carboxylic acids is 1. The predicted molar refractivity (Wildman–Crippen MR) is 83.1 cm³/mol. The van der Waals surface area contributed by atoms with Crippen molar-refractivity contribution in [3.63, 3.8) is 0 Å². The number of amides is 1. The summed E-state index contributed by atoms with van der Waals surface area (Å²) < 4.78 is 33.0. The molecule has 24 heavy (non-hydrogen) atoms. The SMILES string of the molecule is COCC1(CCNC(=O)c2c(C(F)F)nc3cnccn23)CCC1. The Bertz CT molecular complexity index is 728. The molecule has 0 aromatic carbocycles. The molecule has 1 aliphatic rings. The van der Waals surface area contributed by atoms with Gasteiger partial charge in [-0.25, -0.2) is 13.8 Å². The average Bonchev–Trinajstić information content (AvgIpc) is 2.92. The first kappa shape index (κ1) is 16.8. The van der Waals surface area contributed by atoms with Crippen LogP contribution in [0, 0.1) is 5.41 Å². The minimum atomic E-state index is -2.82. The molecule has 0 atom stereocenters. The lowest BCUT2D eigenvalue weighted by Crippen LogP contribution is -2.38. The maximum absolute atomic E-state index is 13.2. The minimum Gasteiger partial charge on any atom is -0.384 e. The van der Waals surface area contributed by atoms with E-state index in [1.807, 2.05) is 0 Å². The molecule has 0 unspecified atom stereocenters. The Labute approximate surface area is 138 Å². The van der Waals surface area contributed by atoms with E-state index in [9.17, 15) is 13.6 Å². The number of hydrogen-bond donors (Lipinski definition) is 1. The Balaban J connectivity index is 1.73. The Morgan fingerprint density at radius 3 is 2.92 bits per heavy atom. The van der Waals surface area contributed by atoms with Gasteiger partial charge in [-0.1, -0.05) is 6.42 Å². The van der Waals surface area contributed by atoms with Gasteiger partial charge in [-0.15, -0.1) is 0 Å². The zero-order valence-corrected chi connectivity index (χ0v) is 13.5. The number of fused-ring (bicyclic) bond motifs is 1. The molecule has 0 aliphatic heterocycles. The molecule has 0 radical (unpaired) electrons. The summed E-state index contributed by atoms with van der Waals surface area (Å²) in [4.78, 5) is 20.1. The van der Waals surface area contributed by atoms with Gasteiger partial charge in [0, 0.05) is 26.0 Å². The van der Waals surface area contributed by atoms with Gasteiger partial charge >= 0.3 is 0 Å². The van der Waals surface area contributed by atoms with Gasteiger partial charge in [0.1, 0.15) is 11.4 Å². The van der Waals surface area contributed by atoms with Gasteiger partial charge in [-0.05, 0) is 24.7 Å². The van der Waals surface area contributed by atoms with Gasteiger partial charge < -0.3 is 10.1 Å². The van der Waals surface area contributed by atoms with Crippen LogP contribution in [0.5, 0.6) is 0 Å². The molecule has 0 bridgehead atoms. The fourth-order valence-corrected chi connectivity index (χ4v) is 3.28. The highest BCUT2D eigenvalue weighted by atomic mass is 19.3. The Morgan fingerprint density at radius 2 is 2.29 bits per heavy atom. The highest BCUT2D eigenvalue weighted by Gasteiger charge is 2.36. The van der Waals surface area contributed by atoms with E-state index in [1.54, 1.807) is 7.11 Å². The van der Waals surface area contributed by atoms with E-state index < -0.39 is 18.0 Å². The monoisotopic (exact) mass is 338 g/mol. The molecule has 6 nitrogen and oxygen atoms in total. The van der Waals surface area contributed by atoms with Crippen LogP contribution in [0.15, 0.2) is 18.6 Å². The zero-order chi connectivity index (χ0) is 17.2. The first-order chi connectivity index (χ1) is 11.6. The van der Waals surface area contributed by atoms with Crippen molar-refractivity contribution in [1.82, 2.24) is 19.7 Å². The van der Waals surface area contributed by atoms with E-state index in [1.165, 1.54) is 23.0 Å². The molecule has 3 rings (SSSR count). The smallest absolute Gasteiger partial charge is 0.282 e. The maximum atomic E-state index is 13.2. The molecular formula is C16H20F2N4O2. The molecule has 1 aliphatic carbocycles. The fourth-order valence-electron chi connectivity index (χ4n) is 3.28. The highest BCUT2D eigenvalue weighted by molar-refractivity contribution is 5.94. The van der Waals surface area contributed by atoms with Crippen molar-refractivity contribution < 1.29 is 18.3 Å². The first-order valence-corrected chi connectivity index (χ1v) is 7.93. The van der Waals surface area contributed by atoms with Crippen molar-refractivity contribution in [2.75, 3.05) is 20.3 Å². The van der Waals surface area contributed by atoms with E-state index in [2.05, 4.69) is 15.3 Å². The first-order valence-electron chi connectivity index (χ1n) is 7.93. The number of carbonyl (C=O) groups is 1. The number of hydrogen-bond acceptors (Lipinski definition) is 4. The van der Waals surface area contributed by atoms with Crippen molar-refractivity contribution in [2.24, 2.45) is 5.41 Å². The summed E-state index contributed by atoms with van der Waals surface area (Å²) in [6, 6.07) is 0. The predicted octanol–water partition coefficient (Wildman–Crippen LogP) is 2.60. The van der Waals surface area contributed by atoms with E-state index in [0.29, 0.717) is 13.2 Å². The lowest BCUT2D eigenvalue weighted by Gasteiger charge is -2.41. The minimum absolute atomic E-state index is 0.108. The van der Waals surface area contributed by atoms with Crippen LogP contribution in [0.1, 0.15) is 48.3 Å². The van der Waals surface area contributed by atoms with Gasteiger partial charge in [-0.2, -0.15) is 0 Å². The number of ether oxygens (including phenoxy) is 1. The molecule has 2 aromatic rings. The number of nitrogens with one attached hydrogen (secondary N) is 1. The number of rotatable bonds is 7. The molecule has 2 aromatic heterocycles. The number of alkyl halides is 2. The second-order valence-electron chi connectivity index (χ2n) is 6.24. The molecule has 0 saturated heterocycles. The Kier molecular flexibility index (Phi) is 4.75. The number of aromatic nitrogens is 3. The number of methoxy groups -OCH3 is 1. The topological polar surface area (TPSA) is 68.5 Å². The molecule has 1 amide bonds. The van der Waals surface area contributed by atoms with Gasteiger partial charge in [0.15, 0.2) is 5.65 Å². The number of imidazole rings is 1. The number of halogens is 2. The second-order valence-corrected chi connectivity index (χ2v) is 6.24. The lowest BCUT2D eigenvalue weighted by atomic mass is 9.67. The molecular weight excluding hydrogens is 318 g/mol. The van der Waals surface area contributed by atoms with E-state index in [0.717, 1.165) is 25.7 Å². The van der Waals surface area contributed by atoms with Gasteiger partial charge in [0.2, 0.25) is 0 Å². The highest BCUT2D eigenvalue weighted by Crippen LogP contribution is 2.43. The Morgan fingerprint density at radius 1 is 1.50 bits per heavy atom. The van der Waals surface area contributed by atoms with E-state index >= 15 is 0 Å². The summed E-state index contributed by atoms with van der Waals surface area (Å²) in [5, 5.41) is 2.75. The van der Waals surface area contributed by atoms with Gasteiger partial charge in [0.05, 0.1) is 12.8 Å². The zero-order valence-electron chi connectivity index (χ0n) is 13.5. The Hall–Kier alpha value is -2.09. The van der Waals surface area contributed by atoms with Crippen LogP contribution in [0.3, 0.4) is 0 Å². The van der Waals surface area contributed by atoms with E-state index in [-0.39, 0.29) is 16.8 Å². The summed E-state index contributed by atoms with van der Waals surface area (Å²) in [7, 11) is 1.67. The standard InChI is InChI=1S/C16H20F2N4O2/c1-24-10-16(3-2-4-16)5-6-20-15(23)13-12(14(17)18)21-11-9-19-7-8-22(11)13/h7-9,14H,2-6,10H2,1H3,(H,20,23). The third-order valence-electron chi connectivity index (χ3n) is 4.68. The van der Waals surface area contributed by atoms with Crippen LogP contribution in [-0.2, 0) is 4.74 Å². The maximum Gasteiger partial charge on any atom is 0.282 e. The molecule has 1 saturated carbocycles. The van der Waals surface area contributed by atoms with Crippen LogP contribution < -0.4 is 5.32 Å². The molecule has 1 fully saturated rings. The van der Waals surface area contributed by atoms with Crippen molar-refractivity contribution in [1.29, 1.82) is 0 Å². The molecule has 8 heteroatoms. The normalized spacial score (nSPS) is 16.3. The van der Waals surface area contributed by atoms with Gasteiger partial charge in [0.25, 0.3) is 12.3 Å². The fraction of sp³-hybridized carbons (Fsp3) is 0.562. The summed E-state index contributed by atoms with van der Waals surface area (Å²) in [5.41, 5.74) is -0.308. The summed E-state index contributed by atoms with van der Waals surface area (Å²) in [5.74, 6) is -0.545. The molecule has 1 N–H and O–H groups in total. The van der Waals surface area contributed by atoms with Gasteiger partial charge in [-0.3, -0.25) is 14.2 Å². The number of nitrogens with zero attached hydrogens (tertiary/aromatic N) is 3. The molecule has 0 spiro atoms. The van der Waals surface area contributed by atoms with Crippen LogP contribution in [0.25, 0.3) is 5.65 Å². The van der Waals surface area contributed by atoms with Crippen molar-refractivity contribution in [2.45, 2.75) is 32.1 Å². The van der Waals surface area contributed by atoms with Crippen molar-refractivity contribution in [3.8, 4) is 0 Å². The van der Waals surface area contributed by atoms with Crippen LogP contribution in [0.4, 0.5) is 8.78 Å².